The van der Waals surface area contributed by atoms with E-state index in [9.17, 15) is 9.59 Å². The summed E-state index contributed by atoms with van der Waals surface area (Å²) in [6, 6.07) is 26.1. The predicted octanol–water partition coefficient (Wildman–Crippen LogP) is 3.58. The van der Waals surface area contributed by atoms with Crippen molar-refractivity contribution in [2.24, 2.45) is 0 Å². The Balaban J connectivity index is 1.62. The summed E-state index contributed by atoms with van der Waals surface area (Å²) in [6.07, 6.45) is 0. The molecule has 3 aromatic rings. The second kappa shape index (κ2) is 8.62. The summed E-state index contributed by atoms with van der Waals surface area (Å²) in [5.74, 6) is 0.487. The van der Waals surface area contributed by atoms with Gasteiger partial charge in [-0.3, -0.25) is 9.69 Å². The Bertz CT molecular complexity index is 1030. The molecular formula is C25H25N3O3. The van der Waals surface area contributed by atoms with Crippen LogP contribution >= 0.6 is 0 Å². The summed E-state index contributed by atoms with van der Waals surface area (Å²) in [5, 5.41) is 2.98. The fourth-order valence-electron chi connectivity index (χ4n) is 4.01. The average molecular weight is 415 g/mol. The summed E-state index contributed by atoms with van der Waals surface area (Å²) < 4.78 is 5.28. The first kappa shape index (κ1) is 20.6. The lowest BCUT2D eigenvalue weighted by Crippen LogP contribution is -2.46. The number of hydrogen-bond donors (Lipinski definition) is 1. The maximum atomic E-state index is 13.7. The number of carbonyl (C=O) groups excluding carboxylic acids is 2. The van der Waals surface area contributed by atoms with Crippen molar-refractivity contribution in [1.29, 1.82) is 0 Å². The van der Waals surface area contributed by atoms with Gasteiger partial charge in [-0.05, 0) is 35.9 Å². The lowest BCUT2D eigenvalue weighted by molar-refractivity contribution is -0.131. The highest BCUT2D eigenvalue weighted by Crippen LogP contribution is 2.36. The van der Waals surface area contributed by atoms with Crippen LogP contribution in [0.4, 0.5) is 4.79 Å². The molecule has 1 saturated heterocycles. The zero-order valence-corrected chi connectivity index (χ0v) is 17.6. The molecule has 1 aliphatic rings. The van der Waals surface area contributed by atoms with E-state index in [1.54, 1.807) is 7.11 Å². The second-order valence-corrected chi connectivity index (χ2v) is 7.65. The minimum Gasteiger partial charge on any atom is -0.497 e. The van der Waals surface area contributed by atoms with E-state index in [-0.39, 0.29) is 12.6 Å². The van der Waals surface area contributed by atoms with Gasteiger partial charge in [0.25, 0.3) is 5.91 Å². The molecule has 0 saturated carbocycles. The molecular weight excluding hydrogens is 390 g/mol. The third kappa shape index (κ3) is 3.90. The highest BCUT2D eigenvalue weighted by molar-refractivity contribution is 6.09. The zero-order valence-electron chi connectivity index (χ0n) is 17.6. The normalized spacial score (nSPS) is 15.3. The van der Waals surface area contributed by atoms with Crippen molar-refractivity contribution < 1.29 is 14.3 Å². The number of rotatable bonds is 7. The lowest BCUT2D eigenvalue weighted by Gasteiger charge is -2.28. The van der Waals surface area contributed by atoms with Gasteiger partial charge in [-0.25, -0.2) is 9.69 Å². The highest BCUT2D eigenvalue weighted by Gasteiger charge is 2.53. The Hall–Kier alpha value is -3.64. The summed E-state index contributed by atoms with van der Waals surface area (Å²) in [5.41, 5.74) is 1.26. The molecule has 0 spiro atoms. The molecule has 3 aromatic carbocycles. The molecule has 158 valence electrons. The van der Waals surface area contributed by atoms with Gasteiger partial charge in [0.1, 0.15) is 5.75 Å². The number of nitrogens with one attached hydrogen (secondary N) is 1. The van der Waals surface area contributed by atoms with Gasteiger partial charge in [-0.2, -0.15) is 0 Å². The highest BCUT2D eigenvalue weighted by atomic mass is 16.5. The number of ether oxygens (including phenoxy) is 1. The van der Waals surface area contributed by atoms with Crippen molar-refractivity contribution in [3.05, 3.63) is 102 Å². The largest absolute Gasteiger partial charge is 0.497 e. The Morgan fingerprint density at radius 3 is 2.10 bits per heavy atom. The molecule has 1 aliphatic heterocycles. The van der Waals surface area contributed by atoms with E-state index in [1.807, 2.05) is 96.9 Å². The van der Waals surface area contributed by atoms with Crippen LogP contribution < -0.4 is 10.1 Å². The van der Waals surface area contributed by atoms with Gasteiger partial charge < -0.3 is 10.1 Å². The molecule has 0 aliphatic carbocycles. The Kier molecular flexibility index (Phi) is 5.73. The van der Waals surface area contributed by atoms with E-state index in [0.29, 0.717) is 6.54 Å². The number of nitrogens with zero attached hydrogens (tertiary/aromatic N) is 2. The third-order valence-corrected chi connectivity index (χ3v) is 5.49. The van der Waals surface area contributed by atoms with Crippen LogP contribution in [-0.2, 0) is 16.9 Å². The van der Waals surface area contributed by atoms with E-state index in [4.69, 9.17) is 4.74 Å². The van der Waals surface area contributed by atoms with Crippen LogP contribution in [0.5, 0.6) is 5.75 Å². The fraction of sp³-hybridized carbons (Fsp3) is 0.200. The molecule has 0 bridgehead atoms. The molecule has 1 heterocycles. The van der Waals surface area contributed by atoms with Crippen molar-refractivity contribution in [3.8, 4) is 5.75 Å². The first-order valence-electron chi connectivity index (χ1n) is 10.1. The summed E-state index contributed by atoms with van der Waals surface area (Å²) >= 11 is 0. The third-order valence-electron chi connectivity index (χ3n) is 5.49. The summed E-state index contributed by atoms with van der Waals surface area (Å²) in [4.78, 5) is 29.9. The van der Waals surface area contributed by atoms with Crippen molar-refractivity contribution in [2.75, 3.05) is 20.8 Å². The lowest BCUT2D eigenvalue weighted by atomic mass is 9.83. The quantitative estimate of drug-likeness (QED) is 0.599. The molecule has 0 unspecified atom stereocenters. The van der Waals surface area contributed by atoms with Crippen molar-refractivity contribution in [3.63, 3.8) is 0 Å². The monoisotopic (exact) mass is 415 g/mol. The predicted molar refractivity (Wildman–Crippen MR) is 118 cm³/mol. The maximum Gasteiger partial charge on any atom is 0.326 e. The van der Waals surface area contributed by atoms with Crippen LogP contribution in [0.2, 0.25) is 0 Å². The topological polar surface area (TPSA) is 61.9 Å². The van der Waals surface area contributed by atoms with Crippen molar-refractivity contribution in [2.45, 2.75) is 12.1 Å². The van der Waals surface area contributed by atoms with Crippen LogP contribution in [0.1, 0.15) is 16.7 Å². The molecule has 0 atom stereocenters. The first-order valence-corrected chi connectivity index (χ1v) is 10.1. The molecule has 0 radical (unpaired) electrons. The zero-order chi connectivity index (χ0) is 21.8. The van der Waals surface area contributed by atoms with Crippen LogP contribution in [0.25, 0.3) is 0 Å². The molecule has 6 nitrogen and oxygen atoms in total. The van der Waals surface area contributed by atoms with E-state index in [2.05, 4.69) is 5.32 Å². The molecule has 6 heteroatoms. The second-order valence-electron chi connectivity index (χ2n) is 7.65. The van der Waals surface area contributed by atoms with E-state index in [1.165, 1.54) is 4.90 Å². The molecule has 3 amide bonds. The molecule has 31 heavy (non-hydrogen) atoms. The molecule has 4 rings (SSSR count). The number of amides is 3. The standard InChI is InChI=1S/C25H25N3O3/c1-27(17-19-10-9-15-22(16-19)31-2)18-28-23(29)25(26-24(28)30,20-11-5-3-6-12-20)21-13-7-4-8-14-21/h3-16H,17-18H2,1-2H3,(H,26,30). The maximum absolute atomic E-state index is 13.7. The van der Waals surface area contributed by atoms with Crippen LogP contribution in [0.3, 0.4) is 0 Å². The van der Waals surface area contributed by atoms with Crippen molar-refractivity contribution in [1.82, 2.24) is 15.1 Å². The van der Waals surface area contributed by atoms with Gasteiger partial charge in [0, 0.05) is 6.54 Å². The summed E-state index contributed by atoms with van der Waals surface area (Å²) in [6.45, 7) is 0.737. The van der Waals surface area contributed by atoms with Crippen LogP contribution in [-0.4, -0.2) is 42.6 Å². The Morgan fingerprint density at radius 2 is 1.52 bits per heavy atom. The van der Waals surface area contributed by atoms with Gasteiger partial charge in [-0.1, -0.05) is 72.8 Å². The average Bonchev–Trinajstić information content (AvgIpc) is 3.06. The number of methoxy groups -OCH3 is 1. The van der Waals surface area contributed by atoms with Crippen molar-refractivity contribution >= 4 is 11.9 Å². The number of imide groups is 1. The molecule has 1 fully saturated rings. The number of carbonyl (C=O) groups is 2. The minimum absolute atomic E-state index is 0.170. The van der Waals surface area contributed by atoms with E-state index >= 15 is 0 Å². The number of hydrogen-bond acceptors (Lipinski definition) is 4. The number of benzene rings is 3. The van der Waals surface area contributed by atoms with E-state index < -0.39 is 11.6 Å². The Labute approximate surface area is 182 Å². The molecule has 0 aromatic heterocycles. The number of urea groups is 1. The van der Waals surface area contributed by atoms with Crippen LogP contribution in [0, 0.1) is 0 Å². The smallest absolute Gasteiger partial charge is 0.326 e. The SMILES string of the molecule is COc1cccc(CN(C)CN2C(=O)NC(c3ccccc3)(c3ccccc3)C2=O)c1. The summed E-state index contributed by atoms with van der Waals surface area (Å²) in [7, 11) is 3.51. The van der Waals surface area contributed by atoms with Gasteiger partial charge in [-0.15, -0.1) is 0 Å². The van der Waals surface area contributed by atoms with Gasteiger partial charge >= 0.3 is 6.03 Å². The van der Waals surface area contributed by atoms with Gasteiger partial charge in [0.15, 0.2) is 5.54 Å². The van der Waals surface area contributed by atoms with E-state index in [0.717, 1.165) is 22.4 Å². The fourth-order valence-corrected chi connectivity index (χ4v) is 4.01. The first-order chi connectivity index (χ1) is 15.0. The Morgan fingerprint density at radius 1 is 0.903 bits per heavy atom. The van der Waals surface area contributed by atoms with Gasteiger partial charge in [0.05, 0.1) is 13.8 Å². The molecule has 1 N–H and O–H groups in total. The minimum atomic E-state index is -1.24. The van der Waals surface area contributed by atoms with Gasteiger partial charge in [0.2, 0.25) is 0 Å². The van der Waals surface area contributed by atoms with Crippen LogP contribution in [0.15, 0.2) is 84.9 Å².